The van der Waals surface area contributed by atoms with Crippen molar-refractivity contribution in [2.75, 3.05) is 24.7 Å². The van der Waals surface area contributed by atoms with E-state index in [2.05, 4.69) is 6.92 Å². The Morgan fingerprint density at radius 2 is 2.14 bits per heavy atom. The summed E-state index contributed by atoms with van der Waals surface area (Å²) in [5, 5.41) is 1.14. The molecule has 7 heteroatoms. The first kappa shape index (κ1) is 19.8. The van der Waals surface area contributed by atoms with E-state index in [-0.39, 0.29) is 17.5 Å². The first-order valence-corrected chi connectivity index (χ1v) is 10.5. The van der Waals surface area contributed by atoms with Gasteiger partial charge in [0.2, 0.25) is 6.61 Å². The number of ether oxygens (including phenoxy) is 1. The molecule has 0 aliphatic carbocycles. The number of rotatable bonds is 11. The average Bonchev–Trinajstić information content (AvgIpc) is 2.46. The maximum absolute atomic E-state index is 12.1. The van der Waals surface area contributed by atoms with Gasteiger partial charge in [-0.3, -0.25) is 9.35 Å². The quantitative estimate of drug-likeness (QED) is 0.350. The van der Waals surface area contributed by atoms with Crippen molar-refractivity contribution in [1.29, 1.82) is 0 Å². The fourth-order valence-corrected chi connectivity index (χ4v) is 4.12. The molecular formula is C15H27O5S2+. The molecule has 0 aromatic rings. The van der Waals surface area contributed by atoms with Gasteiger partial charge in [0.1, 0.15) is 11.7 Å². The van der Waals surface area contributed by atoms with Gasteiger partial charge >= 0.3 is 0 Å². The van der Waals surface area contributed by atoms with Crippen LogP contribution in [0.15, 0.2) is 0 Å². The summed E-state index contributed by atoms with van der Waals surface area (Å²) >= 11 is 1.73. The van der Waals surface area contributed by atoms with Gasteiger partial charge in [0.15, 0.2) is 5.25 Å². The van der Waals surface area contributed by atoms with Gasteiger partial charge in [0.05, 0.1) is 36.3 Å². The minimum atomic E-state index is -3.93. The number of hydrogen-bond acceptors (Lipinski definition) is 5. The molecule has 0 aromatic carbocycles. The number of carbonyl (C=O) groups is 1. The molecule has 0 aromatic heterocycles. The zero-order valence-corrected chi connectivity index (χ0v) is 14.9. The van der Waals surface area contributed by atoms with Crippen LogP contribution in [0.4, 0.5) is 0 Å². The van der Waals surface area contributed by atoms with Crippen molar-refractivity contribution in [3.63, 3.8) is 0 Å². The highest BCUT2D eigenvalue weighted by atomic mass is 32.2. The Morgan fingerprint density at radius 3 is 2.73 bits per heavy atom. The molecule has 1 fully saturated rings. The minimum Gasteiger partial charge on any atom is -0.338 e. The highest BCUT2D eigenvalue weighted by molar-refractivity contribution is 8.02. The molecule has 0 bridgehead atoms. The molecule has 1 unspecified atom stereocenters. The third-order valence-electron chi connectivity index (χ3n) is 3.70. The monoisotopic (exact) mass is 351 g/mol. The molecule has 5 nitrogen and oxygen atoms in total. The second kappa shape index (κ2) is 10.5. The molecule has 0 amide bonds. The first-order valence-electron chi connectivity index (χ1n) is 7.95. The second-order valence-corrected chi connectivity index (χ2v) is 8.49. The van der Waals surface area contributed by atoms with Crippen molar-refractivity contribution in [3.8, 4) is 0 Å². The van der Waals surface area contributed by atoms with Crippen molar-refractivity contribution in [2.45, 2.75) is 51.9 Å². The Hall–Kier alpha value is -0.240. The normalized spacial score (nSPS) is 17.5. The number of ketones is 1. The molecule has 22 heavy (non-hydrogen) atoms. The van der Waals surface area contributed by atoms with Crippen molar-refractivity contribution >= 4 is 27.7 Å². The highest BCUT2D eigenvalue weighted by Gasteiger charge is 2.37. The molecule has 1 saturated heterocycles. The molecule has 1 rings (SSSR count). The Morgan fingerprint density at radius 1 is 1.36 bits per heavy atom. The minimum absolute atomic E-state index is 0.0566. The van der Waals surface area contributed by atoms with Crippen LogP contribution in [-0.2, 0) is 19.6 Å². The number of thioether (sulfide) groups is 1. The maximum atomic E-state index is 12.1. The summed E-state index contributed by atoms with van der Waals surface area (Å²) in [4.78, 5) is 12.1. The summed E-state index contributed by atoms with van der Waals surface area (Å²) in [6.45, 7) is 3.37. The lowest BCUT2D eigenvalue weighted by Gasteiger charge is -2.19. The van der Waals surface area contributed by atoms with E-state index in [0.717, 1.165) is 36.9 Å². The predicted octanol–water partition coefficient (Wildman–Crippen LogP) is 3.11. The Kier molecular flexibility index (Phi) is 9.47. The van der Waals surface area contributed by atoms with E-state index in [4.69, 9.17) is 9.29 Å². The van der Waals surface area contributed by atoms with Gasteiger partial charge < -0.3 is 4.74 Å². The van der Waals surface area contributed by atoms with Crippen LogP contribution in [0.2, 0.25) is 0 Å². The molecule has 1 atom stereocenters. The largest absolute Gasteiger partial charge is 0.338 e. The van der Waals surface area contributed by atoms with Crippen LogP contribution in [-0.4, -0.2) is 43.5 Å². The van der Waals surface area contributed by atoms with Gasteiger partial charge in [-0.05, 0) is 19.3 Å². The van der Waals surface area contributed by atoms with Gasteiger partial charge in [0, 0.05) is 6.42 Å². The number of Topliss-reactive ketones (excluding diaryl/α,β-unsaturated/α-hetero) is 1. The molecule has 0 saturated carbocycles. The standard InChI is InChI=1S/C15H26O5S2/c1-2-3-4-7-14(16)11-13(6-5-10-22(17,18)19)15-12-20-8-9-21-15/h13H,2-12H2,1H3/p+1. The van der Waals surface area contributed by atoms with Crippen molar-refractivity contribution < 1.29 is 22.5 Å². The van der Waals surface area contributed by atoms with Crippen LogP contribution in [0.25, 0.3) is 0 Å². The summed E-state index contributed by atoms with van der Waals surface area (Å²) in [6, 6.07) is 0. The fourth-order valence-electron chi connectivity index (χ4n) is 2.52. The Bertz CT molecular complexity index is 416. The fraction of sp³-hybridized carbons (Fsp3) is 0.867. The summed E-state index contributed by atoms with van der Waals surface area (Å²) < 4.78 is 36.0. The topological polar surface area (TPSA) is 80.7 Å². The third-order valence-corrected chi connectivity index (χ3v) is 5.70. The number of hydrogen-bond donors (Lipinski definition) is 1. The summed E-state index contributed by atoms with van der Waals surface area (Å²) in [5.74, 6) is 0.936. The van der Waals surface area contributed by atoms with Crippen LogP contribution in [0.5, 0.6) is 0 Å². The third kappa shape index (κ3) is 9.02. The lowest BCUT2D eigenvalue weighted by atomic mass is 9.92. The molecule has 0 radical (unpaired) electrons. The van der Waals surface area contributed by atoms with E-state index in [1.165, 1.54) is 0 Å². The van der Waals surface area contributed by atoms with E-state index in [1.54, 1.807) is 11.8 Å². The SMILES string of the molecule is CCCCCC(=O)CC(CCCS(=O)(=O)O)[C+]1COCCS1. The Labute approximate surface area is 138 Å². The molecule has 1 aliphatic rings. The van der Waals surface area contributed by atoms with Gasteiger partial charge in [-0.15, -0.1) is 0 Å². The molecule has 1 heterocycles. The van der Waals surface area contributed by atoms with E-state index < -0.39 is 10.1 Å². The van der Waals surface area contributed by atoms with E-state index >= 15 is 0 Å². The van der Waals surface area contributed by atoms with Crippen LogP contribution in [0.3, 0.4) is 0 Å². The van der Waals surface area contributed by atoms with E-state index in [1.807, 2.05) is 0 Å². The van der Waals surface area contributed by atoms with Crippen LogP contribution in [0, 0.1) is 11.2 Å². The Balaban J connectivity index is 2.47. The maximum Gasteiger partial charge on any atom is 0.264 e. The number of carbonyl (C=O) groups excluding carboxylic acids is 1. The average molecular weight is 352 g/mol. The summed E-state index contributed by atoms with van der Waals surface area (Å²) in [6.07, 6.45) is 5.11. The predicted molar refractivity (Wildman–Crippen MR) is 89.4 cm³/mol. The highest BCUT2D eigenvalue weighted by Crippen LogP contribution is 2.36. The smallest absolute Gasteiger partial charge is 0.264 e. The lowest BCUT2D eigenvalue weighted by Crippen LogP contribution is -2.24. The molecule has 1 N–H and O–H groups in total. The number of unbranched alkanes of at least 4 members (excludes halogenated alkanes) is 2. The lowest BCUT2D eigenvalue weighted by molar-refractivity contribution is -0.120. The van der Waals surface area contributed by atoms with Gasteiger partial charge in [0.25, 0.3) is 10.1 Å². The summed E-state index contributed by atoms with van der Waals surface area (Å²) in [5.41, 5.74) is 0. The van der Waals surface area contributed by atoms with Crippen LogP contribution < -0.4 is 0 Å². The van der Waals surface area contributed by atoms with Crippen LogP contribution in [0.1, 0.15) is 51.9 Å². The van der Waals surface area contributed by atoms with Gasteiger partial charge in [-0.2, -0.15) is 8.42 Å². The molecule has 128 valence electrons. The molecule has 0 spiro atoms. The van der Waals surface area contributed by atoms with Crippen molar-refractivity contribution in [1.82, 2.24) is 0 Å². The van der Waals surface area contributed by atoms with Gasteiger partial charge in [-0.1, -0.05) is 19.8 Å². The first-order chi connectivity index (χ1) is 10.4. The van der Waals surface area contributed by atoms with Gasteiger partial charge in [-0.25, -0.2) is 0 Å². The summed E-state index contributed by atoms with van der Waals surface area (Å²) in [7, 11) is -3.93. The molecular weight excluding hydrogens is 324 g/mol. The van der Waals surface area contributed by atoms with E-state index in [9.17, 15) is 13.2 Å². The van der Waals surface area contributed by atoms with Crippen molar-refractivity contribution in [3.05, 3.63) is 5.25 Å². The zero-order chi connectivity index (χ0) is 16.4. The zero-order valence-electron chi connectivity index (χ0n) is 13.3. The molecule has 1 aliphatic heterocycles. The van der Waals surface area contributed by atoms with E-state index in [0.29, 0.717) is 32.3 Å². The van der Waals surface area contributed by atoms with Crippen molar-refractivity contribution in [2.24, 2.45) is 5.92 Å². The van der Waals surface area contributed by atoms with Crippen LogP contribution >= 0.6 is 11.8 Å². The second-order valence-electron chi connectivity index (χ2n) is 5.69.